The molecule has 0 spiro atoms. The Morgan fingerprint density at radius 2 is 2.05 bits per heavy atom. The molecule has 2 heterocycles. The molecule has 3 heteroatoms. The van der Waals surface area contributed by atoms with Crippen LogP contribution in [0.15, 0.2) is 0 Å². The minimum atomic E-state index is 0.729. The van der Waals surface area contributed by atoms with Crippen LogP contribution in [0, 0.1) is 0 Å². The first-order valence-electron chi connectivity index (χ1n) is 8.38. The molecule has 0 aromatic heterocycles. The van der Waals surface area contributed by atoms with Gasteiger partial charge in [-0.1, -0.05) is 13.3 Å². The van der Waals surface area contributed by atoms with Crippen LogP contribution in [0.1, 0.15) is 52.4 Å². The topological polar surface area (TPSA) is 18.5 Å². The summed E-state index contributed by atoms with van der Waals surface area (Å²) in [5, 5.41) is 3.71. The first-order chi connectivity index (χ1) is 9.20. The molecule has 0 bridgehead atoms. The summed E-state index contributed by atoms with van der Waals surface area (Å²) in [4.78, 5) is 5.31. The summed E-state index contributed by atoms with van der Waals surface area (Å²) >= 11 is 0. The molecule has 2 aliphatic heterocycles. The van der Waals surface area contributed by atoms with Crippen molar-refractivity contribution in [3.05, 3.63) is 0 Å². The molecular weight excluding hydrogens is 234 g/mol. The van der Waals surface area contributed by atoms with Gasteiger partial charge in [0.05, 0.1) is 0 Å². The maximum atomic E-state index is 3.71. The second kappa shape index (κ2) is 7.61. The highest BCUT2D eigenvalue weighted by molar-refractivity contribution is 4.85. The van der Waals surface area contributed by atoms with E-state index in [1.807, 2.05) is 0 Å². The van der Waals surface area contributed by atoms with Gasteiger partial charge in [0.2, 0.25) is 0 Å². The zero-order chi connectivity index (χ0) is 13.7. The molecule has 112 valence electrons. The van der Waals surface area contributed by atoms with E-state index in [1.165, 1.54) is 64.7 Å². The van der Waals surface area contributed by atoms with E-state index in [2.05, 4.69) is 36.0 Å². The van der Waals surface area contributed by atoms with Crippen molar-refractivity contribution in [1.29, 1.82) is 0 Å². The molecule has 2 fully saturated rings. The van der Waals surface area contributed by atoms with Gasteiger partial charge in [-0.05, 0) is 65.7 Å². The van der Waals surface area contributed by atoms with Crippen molar-refractivity contribution in [2.45, 2.75) is 70.5 Å². The fourth-order valence-electron chi connectivity index (χ4n) is 3.88. The van der Waals surface area contributed by atoms with Crippen molar-refractivity contribution in [2.24, 2.45) is 0 Å². The first-order valence-corrected chi connectivity index (χ1v) is 8.38. The molecule has 3 atom stereocenters. The van der Waals surface area contributed by atoms with Crippen molar-refractivity contribution in [2.75, 3.05) is 33.2 Å². The highest BCUT2D eigenvalue weighted by Gasteiger charge is 2.27. The van der Waals surface area contributed by atoms with Gasteiger partial charge in [-0.25, -0.2) is 0 Å². The normalized spacial score (nSPS) is 33.0. The van der Waals surface area contributed by atoms with E-state index in [1.54, 1.807) is 0 Å². The summed E-state index contributed by atoms with van der Waals surface area (Å²) in [6.45, 7) is 9.83. The van der Waals surface area contributed by atoms with Crippen LogP contribution in [0.25, 0.3) is 0 Å². The molecule has 3 unspecified atom stereocenters. The van der Waals surface area contributed by atoms with Crippen molar-refractivity contribution in [3.63, 3.8) is 0 Å². The average molecular weight is 267 g/mol. The fraction of sp³-hybridized carbons (Fsp3) is 1.00. The second-order valence-corrected chi connectivity index (χ2v) is 6.65. The predicted molar refractivity (Wildman–Crippen MR) is 82.6 cm³/mol. The Bertz CT molecular complexity index is 250. The minimum absolute atomic E-state index is 0.729. The number of hydrogen-bond donors (Lipinski definition) is 1. The summed E-state index contributed by atoms with van der Waals surface area (Å²) in [7, 11) is 2.28. The monoisotopic (exact) mass is 267 g/mol. The van der Waals surface area contributed by atoms with Crippen molar-refractivity contribution < 1.29 is 0 Å². The van der Waals surface area contributed by atoms with Gasteiger partial charge in [-0.2, -0.15) is 0 Å². The molecule has 1 N–H and O–H groups in total. The lowest BCUT2D eigenvalue weighted by molar-refractivity contribution is 0.120. The number of nitrogens with one attached hydrogen (secondary N) is 1. The third-order valence-corrected chi connectivity index (χ3v) is 5.02. The molecule has 0 aliphatic carbocycles. The van der Waals surface area contributed by atoms with Crippen LogP contribution in [0.2, 0.25) is 0 Å². The van der Waals surface area contributed by atoms with E-state index in [4.69, 9.17) is 0 Å². The Labute approximate surface area is 119 Å². The minimum Gasteiger partial charge on any atom is -0.314 e. The van der Waals surface area contributed by atoms with Crippen LogP contribution in [-0.2, 0) is 0 Å². The molecule has 3 nitrogen and oxygen atoms in total. The van der Waals surface area contributed by atoms with Crippen molar-refractivity contribution in [3.8, 4) is 0 Å². The number of rotatable bonds is 4. The van der Waals surface area contributed by atoms with Crippen LogP contribution < -0.4 is 5.32 Å². The van der Waals surface area contributed by atoms with E-state index >= 15 is 0 Å². The summed E-state index contributed by atoms with van der Waals surface area (Å²) in [6, 6.07) is 2.25. The standard InChI is InChI=1S/C16H33N3/c1-4-16-13-18(3)10-7-11-19(16)14(2)12-15-8-5-6-9-17-15/h14-17H,4-13H2,1-3H3. The van der Waals surface area contributed by atoms with E-state index in [0.29, 0.717) is 0 Å². The van der Waals surface area contributed by atoms with E-state index < -0.39 is 0 Å². The van der Waals surface area contributed by atoms with Crippen molar-refractivity contribution in [1.82, 2.24) is 15.1 Å². The summed E-state index contributed by atoms with van der Waals surface area (Å²) in [5.41, 5.74) is 0. The van der Waals surface area contributed by atoms with E-state index in [0.717, 1.165) is 18.1 Å². The Morgan fingerprint density at radius 3 is 2.74 bits per heavy atom. The average Bonchev–Trinajstić information content (AvgIpc) is 2.61. The lowest BCUT2D eigenvalue weighted by Crippen LogP contribution is -2.47. The van der Waals surface area contributed by atoms with Gasteiger partial charge >= 0.3 is 0 Å². The molecular formula is C16H33N3. The molecule has 2 aliphatic rings. The number of piperidine rings is 1. The van der Waals surface area contributed by atoms with Crippen LogP contribution in [0.4, 0.5) is 0 Å². The first kappa shape index (κ1) is 15.3. The lowest BCUT2D eigenvalue weighted by Gasteiger charge is -2.37. The van der Waals surface area contributed by atoms with Crippen LogP contribution in [-0.4, -0.2) is 61.2 Å². The predicted octanol–water partition coefficient (Wildman–Crippen LogP) is 2.32. The SMILES string of the molecule is CCC1CN(C)CCCN1C(C)CC1CCCCN1. The quantitative estimate of drug-likeness (QED) is 0.843. The van der Waals surface area contributed by atoms with Crippen LogP contribution in [0.3, 0.4) is 0 Å². The van der Waals surface area contributed by atoms with E-state index in [-0.39, 0.29) is 0 Å². The van der Waals surface area contributed by atoms with Crippen LogP contribution in [0.5, 0.6) is 0 Å². The molecule has 0 aromatic rings. The summed E-state index contributed by atoms with van der Waals surface area (Å²) < 4.78 is 0. The number of likely N-dealkylation sites (N-methyl/N-ethyl adjacent to an activating group) is 1. The van der Waals surface area contributed by atoms with Gasteiger partial charge in [0, 0.05) is 24.7 Å². The lowest BCUT2D eigenvalue weighted by atomic mass is 9.97. The van der Waals surface area contributed by atoms with Gasteiger partial charge in [0.15, 0.2) is 0 Å². The fourth-order valence-corrected chi connectivity index (χ4v) is 3.88. The van der Waals surface area contributed by atoms with Crippen LogP contribution >= 0.6 is 0 Å². The third-order valence-electron chi connectivity index (χ3n) is 5.02. The molecule has 0 amide bonds. The molecule has 0 saturated carbocycles. The largest absolute Gasteiger partial charge is 0.314 e. The highest BCUT2D eigenvalue weighted by atomic mass is 15.2. The number of hydrogen-bond acceptors (Lipinski definition) is 3. The van der Waals surface area contributed by atoms with Crippen molar-refractivity contribution >= 4 is 0 Å². The smallest absolute Gasteiger partial charge is 0.0223 e. The Kier molecular flexibility index (Phi) is 6.11. The van der Waals surface area contributed by atoms with Gasteiger partial charge < -0.3 is 10.2 Å². The Morgan fingerprint density at radius 1 is 1.21 bits per heavy atom. The van der Waals surface area contributed by atoms with Gasteiger partial charge in [0.25, 0.3) is 0 Å². The van der Waals surface area contributed by atoms with Gasteiger partial charge in [-0.15, -0.1) is 0 Å². The molecule has 2 saturated heterocycles. The molecule has 0 radical (unpaired) electrons. The van der Waals surface area contributed by atoms with E-state index in [9.17, 15) is 0 Å². The Hall–Kier alpha value is -0.120. The third kappa shape index (κ3) is 4.44. The molecule has 2 rings (SSSR count). The summed E-state index contributed by atoms with van der Waals surface area (Å²) in [6.07, 6.45) is 8.12. The molecule has 19 heavy (non-hydrogen) atoms. The van der Waals surface area contributed by atoms with Gasteiger partial charge in [0.1, 0.15) is 0 Å². The molecule has 0 aromatic carbocycles. The Balaban J connectivity index is 1.89. The zero-order valence-corrected chi connectivity index (χ0v) is 13.2. The van der Waals surface area contributed by atoms with Gasteiger partial charge in [-0.3, -0.25) is 4.90 Å². The highest BCUT2D eigenvalue weighted by Crippen LogP contribution is 2.20. The zero-order valence-electron chi connectivity index (χ0n) is 13.2. The number of nitrogens with zero attached hydrogens (tertiary/aromatic N) is 2. The maximum absolute atomic E-state index is 3.71. The second-order valence-electron chi connectivity index (χ2n) is 6.65. The summed E-state index contributed by atoms with van der Waals surface area (Å²) in [5.74, 6) is 0. The maximum Gasteiger partial charge on any atom is 0.0223 e.